The predicted molar refractivity (Wildman–Crippen MR) is 119 cm³/mol. The van der Waals surface area contributed by atoms with Crippen molar-refractivity contribution >= 4 is 15.9 Å². The Labute approximate surface area is 191 Å². The molecular weight excluding hydrogens is 447 g/mol. The number of rotatable bonds is 7. The van der Waals surface area contributed by atoms with Crippen LogP contribution in [0.25, 0.3) is 11.3 Å². The van der Waals surface area contributed by atoms with Crippen molar-refractivity contribution in [2.45, 2.75) is 24.7 Å². The summed E-state index contributed by atoms with van der Waals surface area (Å²) in [4.78, 5) is 10.6. The lowest BCUT2D eigenvalue weighted by Crippen LogP contribution is -2.25. The average molecular weight is 473 g/mol. The Morgan fingerprint density at radius 2 is 1.97 bits per heavy atom. The molecule has 2 fully saturated rings. The maximum atomic E-state index is 14.2. The molecule has 2 unspecified atom stereocenters. The summed E-state index contributed by atoms with van der Waals surface area (Å²) in [6.07, 6.45) is 2.59. The van der Waals surface area contributed by atoms with E-state index in [2.05, 4.69) is 20.0 Å². The van der Waals surface area contributed by atoms with Crippen molar-refractivity contribution in [2.24, 2.45) is 17.8 Å². The van der Waals surface area contributed by atoms with Crippen molar-refractivity contribution in [3.05, 3.63) is 48.2 Å². The lowest BCUT2D eigenvalue weighted by atomic mass is 10.1. The van der Waals surface area contributed by atoms with Crippen LogP contribution >= 0.6 is 0 Å². The molecule has 1 aromatic carbocycles. The maximum absolute atomic E-state index is 14.2. The minimum absolute atomic E-state index is 0.242. The second kappa shape index (κ2) is 8.09. The van der Waals surface area contributed by atoms with Crippen LogP contribution in [0.5, 0.6) is 5.75 Å². The zero-order chi connectivity index (χ0) is 23.3. The van der Waals surface area contributed by atoms with Gasteiger partial charge in [0.15, 0.2) is 15.7 Å². The van der Waals surface area contributed by atoms with Crippen molar-refractivity contribution in [3.8, 4) is 17.0 Å². The molecule has 1 aliphatic heterocycles. The molecule has 33 heavy (non-hydrogen) atoms. The number of sulfone groups is 1. The zero-order valence-corrected chi connectivity index (χ0v) is 19.4. The van der Waals surface area contributed by atoms with Gasteiger partial charge in [0, 0.05) is 36.7 Å². The first-order valence-corrected chi connectivity index (χ1v) is 12.8. The molecule has 2 aromatic heterocycles. The molecule has 5 rings (SSSR count). The van der Waals surface area contributed by atoms with E-state index in [1.807, 2.05) is 13.8 Å². The van der Waals surface area contributed by atoms with Crippen LogP contribution in [-0.4, -0.2) is 49.5 Å². The van der Waals surface area contributed by atoms with Gasteiger partial charge < -0.3 is 14.2 Å². The first-order valence-electron chi connectivity index (χ1n) is 10.9. The summed E-state index contributed by atoms with van der Waals surface area (Å²) in [5.41, 5.74) is 1.05. The number of halogens is 1. The lowest BCUT2D eigenvalue weighted by Gasteiger charge is -2.16. The highest BCUT2D eigenvalue weighted by atomic mass is 32.2. The molecule has 1 aliphatic carbocycles. The van der Waals surface area contributed by atoms with Crippen molar-refractivity contribution < 1.29 is 22.1 Å². The minimum Gasteiger partial charge on any atom is -0.492 e. The molecule has 174 valence electrons. The third kappa shape index (κ3) is 4.31. The van der Waals surface area contributed by atoms with Crippen molar-refractivity contribution in [1.29, 1.82) is 0 Å². The Balaban J connectivity index is 1.15. The number of hydrogen-bond donors (Lipinski definition) is 0. The van der Waals surface area contributed by atoms with Gasteiger partial charge in [0.2, 0.25) is 0 Å². The van der Waals surface area contributed by atoms with Crippen LogP contribution in [0.2, 0.25) is 0 Å². The molecule has 8 nitrogen and oxygen atoms in total. The fourth-order valence-corrected chi connectivity index (χ4v) is 5.16. The Hall–Kier alpha value is -3.01. The molecule has 10 heteroatoms. The Morgan fingerprint density at radius 3 is 2.55 bits per heavy atom. The molecule has 0 radical (unpaired) electrons. The van der Waals surface area contributed by atoms with Crippen LogP contribution in [0.3, 0.4) is 0 Å². The van der Waals surface area contributed by atoms with Gasteiger partial charge in [-0.15, -0.1) is 0 Å². The van der Waals surface area contributed by atoms with Crippen LogP contribution in [0.4, 0.5) is 10.4 Å². The first kappa shape index (κ1) is 21.8. The number of ether oxygens (including phenoxy) is 1. The van der Waals surface area contributed by atoms with Gasteiger partial charge in [-0.2, -0.15) is 4.98 Å². The standard InChI is InChI=1S/C23H25FN4O4S/c1-13(2)22-26-23(32-27-22)28-10-16-17(11-28)18(16)12-31-15-5-6-20(25-9-15)14-4-7-21(19(24)8-14)33(3,29)30/h4-9,13,16-18H,10-12H2,1-3H3/t16-,17?,18?/m1/s1. The summed E-state index contributed by atoms with van der Waals surface area (Å²) in [5, 5.41) is 4.04. The number of piperidine rings is 1. The van der Waals surface area contributed by atoms with Gasteiger partial charge in [0.05, 0.1) is 18.5 Å². The van der Waals surface area contributed by atoms with Gasteiger partial charge in [-0.25, -0.2) is 12.8 Å². The van der Waals surface area contributed by atoms with E-state index in [1.54, 1.807) is 24.4 Å². The van der Waals surface area contributed by atoms with Gasteiger partial charge in [0.25, 0.3) is 0 Å². The third-order valence-electron chi connectivity index (χ3n) is 6.40. The minimum atomic E-state index is -3.61. The van der Waals surface area contributed by atoms with E-state index in [4.69, 9.17) is 9.26 Å². The number of hydrogen-bond acceptors (Lipinski definition) is 8. The zero-order valence-electron chi connectivity index (χ0n) is 18.6. The van der Waals surface area contributed by atoms with E-state index in [9.17, 15) is 12.8 Å². The Morgan fingerprint density at radius 1 is 1.21 bits per heavy atom. The van der Waals surface area contributed by atoms with Crippen LogP contribution in [0.1, 0.15) is 25.6 Å². The largest absolute Gasteiger partial charge is 0.492 e. The molecular formula is C23H25FN4O4S. The number of nitrogens with zero attached hydrogens (tertiary/aromatic N) is 4. The summed E-state index contributed by atoms with van der Waals surface area (Å²) < 4.78 is 48.7. The van der Waals surface area contributed by atoms with Gasteiger partial charge in [0.1, 0.15) is 16.5 Å². The van der Waals surface area contributed by atoms with E-state index >= 15 is 0 Å². The Kier molecular flexibility index (Phi) is 5.35. The molecule has 3 atom stereocenters. The number of pyridine rings is 1. The van der Waals surface area contributed by atoms with E-state index in [1.165, 1.54) is 12.1 Å². The van der Waals surface area contributed by atoms with Gasteiger partial charge in [-0.1, -0.05) is 25.1 Å². The van der Waals surface area contributed by atoms with E-state index < -0.39 is 15.7 Å². The fourth-order valence-electron chi connectivity index (χ4n) is 4.43. The normalized spacial score (nSPS) is 22.0. The number of fused-ring (bicyclic) bond motifs is 1. The molecule has 0 amide bonds. The summed E-state index contributed by atoms with van der Waals surface area (Å²) in [7, 11) is -3.61. The van der Waals surface area contributed by atoms with Gasteiger partial charge in [-0.3, -0.25) is 4.98 Å². The fraction of sp³-hybridized carbons (Fsp3) is 0.435. The maximum Gasteiger partial charge on any atom is 0.324 e. The number of aromatic nitrogens is 3. The first-order chi connectivity index (χ1) is 15.7. The molecule has 2 aliphatic rings. The smallest absolute Gasteiger partial charge is 0.324 e. The molecule has 3 aromatic rings. The average Bonchev–Trinajstić information content (AvgIpc) is 3.15. The van der Waals surface area contributed by atoms with Crippen molar-refractivity contribution in [1.82, 2.24) is 15.1 Å². The second-order valence-electron chi connectivity index (χ2n) is 9.09. The molecule has 0 bridgehead atoms. The van der Waals surface area contributed by atoms with E-state index in [0.29, 0.717) is 47.4 Å². The molecule has 1 saturated heterocycles. The summed E-state index contributed by atoms with van der Waals surface area (Å²) in [5.74, 6) is 2.44. The quantitative estimate of drug-likeness (QED) is 0.515. The predicted octanol–water partition coefficient (Wildman–Crippen LogP) is 3.56. The summed E-state index contributed by atoms with van der Waals surface area (Å²) in [6, 6.07) is 8.13. The topological polar surface area (TPSA) is 98.4 Å². The number of benzene rings is 1. The van der Waals surface area contributed by atoms with Crippen LogP contribution in [0.15, 0.2) is 45.9 Å². The Bertz CT molecular complexity index is 1260. The van der Waals surface area contributed by atoms with Gasteiger partial charge in [-0.05, 0) is 36.1 Å². The second-order valence-corrected chi connectivity index (χ2v) is 11.1. The van der Waals surface area contributed by atoms with Gasteiger partial charge >= 0.3 is 6.01 Å². The SMILES string of the molecule is CC(C)c1noc(N2CC3C(COc4ccc(-c5ccc(S(C)(=O)=O)c(F)c5)nc4)[C@@H]3C2)n1. The summed E-state index contributed by atoms with van der Waals surface area (Å²) >= 11 is 0. The highest BCUT2D eigenvalue weighted by molar-refractivity contribution is 7.90. The van der Waals surface area contributed by atoms with E-state index in [0.717, 1.165) is 25.2 Å². The summed E-state index contributed by atoms with van der Waals surface area (Å²) in [6.45, 7) is 6.48. The van der Waals surface area contributed by atoms with Crippen LogP contribution in [-0.2, 0) is 9.84 Å². The monoisotopic (exact) mass is 472 g/mol. The van der Waals surface area contributed by atoms with Crippen molar-refractivity contribution in [2.75, 3.05) is 30.9 Å². The third-order valence-corrected chi connectivity index (χ3v) is 7.53. The van der Waals surface area contributed by atoms with E-state index in [-0.39, 0.29) is 10.8 Å². The molecule has 0 spiro atoms. The highest BCUT2D eigenvalue weighted by Crippen LogP contribution is 2.52. The number of anilines is 1. The van der Waals surface area contributed by atoms with Crippen LogP contribution < -0.4 is 9.64 Å². The van der Waals surface area contributed by atoms with Crippen LogP contribution in [0, 0.1) is 23.6 Å². The molecule has 1 saturated carbocycles. The molecule has 3 heterocycles. The molecule has 0 N–H and O–H groups in total. The lowest BCUT2D eigenvalue weighted by molar-refractivity contribution is 0.281. The van der Waals surface area contributed by atoms with Crippen molar-refractivity contribution in [3.63, 3.8) is 0 Å². The highest BCUT2D eigenvalue weighted by Gasteiger charge is 2.56.